The van der Waals surface area contributed by atoms with E-state index in [9.17, 15) is 18.3 Å². The Balaban J connectivity index is 2.57. The molecule has 20 heavy (non-hydrogen) atoms. The maximum atomic E-state index is 12.6. The monoisotopic (exact) mass is 321 g/mol. The number of hydrogen-bond acceptors (Lipinski definition) is 2. The molecule has 1 aromatic carbocycles. The molecule has 0 saturated heterocycles. The van der Waals surface area contributed by atoms with Crippen LogP contribution in [0.1, 0.15) is 11.1 Å². The minimum absolute atomic E-state index is 0.0454. The Morgan fingerprint density at radius 3 is 2.40 bits per heavy atom. The highest BCUT2D eigenvalue weighted by Crippen LogP contribution is 2.35. The molecule has 2 rings (SSSR count). The molecule has 0 unspecified atom stereocenters. The van der Waals surface area contributed by atoms with E-state index in [1.54, 1.807) is 12.1 Å². The average Bonchev–Trinajstić information content (AvgIpc) is 2.37. The van der Waals surface area contributed by atoms with E-state index in [2.05, 4.69) is 4.98 Å². The number of benzene rings is 1. The van der Waals surface area contributed by atoms with E-state index in [0.29, 0.717) is 16.8 Å². The molecule has 0 spiro atoms. The number of nitrogens with zero attached hydrogens (tertiary/aromatic N) is 1. The Bertz CT molecular complexity index is 644. The highest BCUT2D eigenvalue weighted by molar-refractivity contribution is 6.36. The maximum Gasteiger partial charge on any atom is 0.417 e. The van der Waals surface area contributed by atoms with Gasteiger partial charge in [0.2, 0.25) is 0 Å². The molecule has 0 aliphatic carbocycles. The third-order valence-corrected chi connectivity index (χ3v) is 3.20. The zero-order valence-electron chi connectivity index (χ0n) is 9.88. The molecule has 0 radical (unpaired) electrons. The SMILES string of the molecule is OCc1cc(C(F)(F)F)cnc1-c1ccc(Cl)cc1Cl. The molecular formula is C13H8Cl2F3NO. The van der Waals surface area contributed by atoms with Gasteiger partial charge in [-0.2, -0.15) is 13.2 Å². The van der Waals surface area contributed by atoms with Crippen LogP contribution in [-0.4, -0.2) is 10.1 Å². The lowest BCUT2D eigenvalue weighted by Crippen LogP contribution is -2.07. The molecule has 7 heteroatoms. The van der Waals surface area contributed by atoms with Crippen LogP contribution in [0.25, 0.3) is 11.3 Å². The fraction of sp³-hybridized carbons (Fsp3) is 0.154. The summed E-state index contributed by atoms with van der Waals surface area (Å²) in [7, 11) is 0. The van der Waals surface area contributed by atoms with Crippen molar-refractivity contribution in [2.75, 3.05) is 0 Å². The van der Waals surface area contributed by atoms with Gasteiger partial charge in [-0.25, -0.2) is 0 Å². The second kappa shape index (κ2) is 5.60. The van der Waals surface area contributed by atoms with E-state index in [-0.39, 0.29) is 16.3 Å². The van der Waals surface area contributed by atoms with Crippen LogP contribution in [-0.2, 0) is 12.8 Å². The van der Waals surface area contributed by atoms with E-state index in [4.69, 9.17) is 23.2 Å². The van der Waals surface area contributed by atoms with Gasteiger partial charge in [-0.05, 0) is 24.3 Å². The predicted molar refractivity (Wildman–Crippen MR) is 70.6 cm³/mol. The van der Waals surface area contributed by atoms with Crippen LogP contribution >= 0.6 is 23.2 Å². The van der Waals surface area contributed by atoms with Crippen LogP contribution in [0.3, 0.4) is 0 Å². The molecule has 0 aliphatic heterocycles. The fourth-order valence-corrected chi connectivity index (χ4v) is 2.21. The number of alkyl halides is 3. The molecular weight excluding hydrogens is 314 g/mol. The van der Waals surface area contributed by atoms with E-state index in [0.717, 1.165) is 6.07 Å². The number of halogens is 5. The van der Waals surface area contributed by atoms with Crippen molar-refractivity contribution >= 4 is 23.2 Å². The largest absolute Gasteiger partial charge is 0.417 e. The number of hydrogen-bond donors (Lipinski definition) is 1. The van der Waals surface area contributed by atoms with Gasteiger partial charge < -0.3 is 5.11 Å². The summed E-state index contributed by atoms with van der Waals surface area (Å²) in [6, 6.07) is 5.40. The summed E-state index contributed by atoms with van der Waals surface area (Å²) in [5.41, 5.74) is -0.268. The Hall–Kier alpha value is -1.30. The van der Waals surface area contributed by atoms with E-state index < -0.39 is 18.3 Å². The molecule has 0 saturated carbocycles. The van der Waals surface area contributed by atoms with Crippen molar-refractivity contribution in [2.24, 2.45) is 0 Å². The highest BCUT2D eigenvalue weighted by Gasteiger charge is 2.31. The topological polar surface area (TPSA) is 33.1 Å². The Morgan fingerprint density at radius 1 is 1.15 bits per heavy atom. The first-order valence-electron chi connectivity index (χ1n) is 5.45. The van der Waals surface area contributed by atoms with Gasteiger partial charge in [0.1, 0.15) is 0 Å². The van der Waals surface area contributed by atoms with E-state index in [1.165, 1.54) is 6.07 Å². The molecule has 1 heterocycles. The highest BCUT2D eigenvalue weighted by atomic mass is 35.5. The van der Waals surface area contributed by atoms with Gasteiger partial charge in [-0.3, -0.25) is 4.98 Å². The third-order valence-electron chi connectivity index (χ3n) is 2.65. The van der Waals surface area contributed by atoms with Crippen molar-refractivity contribution in [3.63, 3.8) is 0 Å². The third kappa shape index (κ3) is 3.06. The molecule has 1 aromatic heterocycles. The second-order valence-electron chi connectivity index (χ2n) is 4.01. The molecule has 0 bridgehead atoms. The van der Waals surface area contributed by atoms with Gasteiger partial charge in [0.15, 0.2) is 0 Å². The number of aliphatic hydroxyl groups is 1. The zero-order valence-corrected chi connectivity index (χ0v) is 11.4. The van der Waals surface area contributed by atoms with Crippen molar-refractivity contribution in [2.45, 2.75) is 12.8 Å². The lowest BCUT2D eigenvalue weighted by atomic mass is 10.0. The van der Waals surface area contributed by atoms with Crippen molar-refractivity contribution in [3.8, 4) is 11.3 Å². The molecule has 106 valence electrons. The molecule has 2 aromatic rings. The molecule has 1 N–H and O–H groups in total. The number of aliphatic hydroxyl groups excluding tert-OH is 1. The van der Waals surface area contributed by atoms with Crippen LogP contribution in [0, 0.1) is 0 Å². The van der Waals surface area contributed by atoms with Crippen LogP contribution in [0.2, 0.25) is 10.0 Å². The normalized spacial score (nSPS) is 11.7. The van der Waals surface area contributed by atoms with Gasteiger partial charge in [0.25, 0.3) is 0 Å². The molecule has 0 amide bonds. The molecule has 0 aliphatic rings. The Morgan fingerprint density at radius 2 is 1.85 bits per heavy atom. The van der Waals surface area contributed by atoms with Crippen LogP contribution < -0.4 is 0 Å². The van der Waals surface area contributed by atoms with Gasteiger partial charge in [-0.15, -0.1) is 0 Å². The van der Waals surface area contributed by atoms with Gasteiger partial charge in [-0.1, -0.05) is 23.2 Å². The minimum atomic E-state index is -4.51. The van der Waals surface area contributed by atoms with E-state index in [1.807, 2.05) is 0 Å². The summed E-state index contributed by atoms with van der Waals surface area (Å²) < 4.78 is 37.8. The Kier molecular flexibility index (Phi) is 4.22. The first kappa shape index (κ1) is 15.1. The summed E-state index contributed by atoms with van der Waals surface area (Å²) in [5.74, 6) is 0. The molecule has 0 fully saturated rings. The standard InChI is InChI=1S/C13H8Cl2F3NO/c14-9-1-2-10(11(15)4-9)12-7(6-20)3-8(5-19-12)13(16,17)18/h1-5,20H,6H2. The number of pyridine rings is 1. The van der Waals surface area contributed by atoms with Gasteiger partial charge >= 0.3 is 6.18 Å². The maximum absolute atomic E-state index is 12.6. The predicted octanol–water partition coefficient (Wildman–Crippen LogP) is 4.57. The number of aromatic nitrogens is 1. The molecule has 0 atom stereocenters. The summed E-state index contributed by atoms with van der Waals surface area (Å²) in [5, 5.41) is 9.89. The second-order valence-corrected chi connectivity index (χ2v) is 4.86. The quantitative estimate of drug-likeness (QED) is 0.879. The first-order valence-corrected chi connectivity index (χ1v) is 6.21. The number of rotatable bonds is 2. The summed E-state index contributed by atoms with van der Waals surface area (Å²) in [6.07, 6.45) is -3.81. The average molecular weight is 322 g/mol. The lowest BCUT2D eigenvalue weighted by Gasteiger charge is -2.12. The minimum Gasteiger partial charge on any atom is -0.392 e. The molecule has 2 nitrogen and oxygen atoms in total. The van der Waals surface area contributed by atoms with Gasteiger partial charge in [0, 0.05) is 22.3 Å². The van der Waals surface area contributed by atoms with E-state index >= 15 is 0 Å². The van der Waals surface area contributed by atoms with Crippen LogP contribution in [0.5, 0.6) is 0 Å². The summed E-state index contributed by atoms with van der Waals surface area (Å²) in [4.78, 5) is 3.77. The first-order chi connectivity index (χ1) is 9.32. The van der Waals surface area contributed by atoms with Gasteiger partial charge in [0.05, 0.1) is 22.9 Å². The van der Waals surface area contributed by atoms with Crippen LogP contribution in [0.15, 0.2) is 30.5 Å². The summed E-state index contributed by atoms with van der Waals surface area (Å²) in [6.45, 7) is -0.578. The lowest BCUT2D eigenvalue weighted by molar-refractivity contribution is -0.137. The van der Waals surface area contributed by atoms with Crippen molar-refractivity contribution in [1.29, 1.82) is 0 Å². The smallest absolute Gasteiger partial charge is 0.392 e. The van der Waals surface area contributed by atoms with Crippen LogP contribution in [0.4, 0.5) is 13.2 Å². The van der Waals surface area contributed by atoms with Crippen molar-refractivity contribution in [3.05, 3.63) is 51.6 Å². The Labute approximate surface area is 122 Å². The fourth-order valence-electron chi connectivity index (χ4n) is 1.71. The summed E-state index contributed by atoms with van der Waals surface area (Å²) >= 11 is 11.8. The van der Waals surface area contributed by atoms with Crippen molar-refractivity contribution < 1.29 is 18.3 Å². The zero-order chi connectivity index (χ0) is 14.9. The van der Waals surface area contributed by atoms with Crippen molar-refractivity contribution in [1.82, 2.24) is 4.98 Å².